The van der Waals surface area contributed by atoms with Crippen LogP contribution in [-0.4, -0.2) is 55.9 Å². The molecule has 0 spiro atoms. The van der Waals surface area contributed by atoms with Crippen LogP contribution < -0.4 is 10.6 Å². The van der Waals surface area contributed by atoms with Crippen LogP contribution in [0.2, 0.25) is 0 Å². The fraction of sp³-hybridized carbons (Fsp3) is 0.938. The third kappa shape index (κ3) is 8.27. The smallest absolute Gasteiger partial charge is 0.314 e. The topological polar surface area (TPSA) is 64.6 Å². The van der Waals surface area contributed by atoms with Crippen LogP contribution in [0, 0.1) is 17.8 Å². The van der Waals surface area contributed by atoms with Gasteiger partial charge in [0.2, 0.25) is 0 Å². The lowest BCUT2D eigenvalue weighted by molar-refractivity contribution is 0.207. The summed E-state index contributed by atoms with van der Waals surface area (Å²) in [5.41, 5.74) is 0. The van der Waals surface area contributed by atoms with Crippen molar-refractivity contribution in [3.63, 3.8) is 0 Å². The van der Waals surface area contributed by atoms with Crippen molar-refractivity contribution in [1.82, 2.24) is 15.5 Å². The van der Waals surface area contributed by atoms with Crippen molar-refractivity contribution >= 4 is 6.03 Å². The molecule has 5 nitrogen and oxygen atoms in total. The molecule has 1 heterocycles. The minimum Gasteiger partial charge on any atom is -0.396 e. The van der Waals surface area contributed by atoms with Gasteiger partial charge in [-0.1, -0.05) is 13.8 Å². The molecule has 2 amide bonds. The van der Waals surface area contributed by atoms with Crippen LogP contribution >= 0.6 is 0 Å². The van der Waals surface area contributed by atoms with Gasteiger partial charge in [-0.05, 0) is 63.6 Å². The van der Waals surface area contributed by atoms with Gasteiger partial charge < -0.3 is 20.6 Å². The number of hydrogen-bond donors (Lipinski definition) is 3. The summed E-state index contributed by atoms with van der Waals surface area (Å²) in [4.78, 5) is 14.2. The van der Waals surface area contributed by atoms with Gasteiger partial charge in [-0.25, -0.2) is 4.79 Å². The lowest BCUT2D eigenvalue weighted by atomic mass is 9.94. The van der Waals surface area contributed by atoms with Gasteiger partial charge in [0.1, 0.15) is 0 Å². The first-order valence-electron chi connectivity index (χ1n) is 8.32. The maximum Gasteiger partial charge on any atom is 0.314 e. The maximum atomic E-state index is 11.8. The number of carbonyl (C=O) groups is 1. The Hall–Kier alpha value is -0.810. The van der Waals surface area contributed by atoms with Crippen LogP contribution in [0.15, 0.2) is 0 Å². The largest absolute Gasteiger partial charge is 0.396 e. The summed E-state index contributed by atoms with van der Waals surface area (Å²) in [6.07, 6.45) is 4.12. The molecule has 0 aliphatic carbocycles. The summed E-state index contributed by atoms with van der Waals surface area (Å²) in [7, 11) is 2.15. The first kappa shape index (κ1) is 18.2. The molecule has 0 aromatic heterocycles. The van der Waals surface area contributed by atoms with E-state index in [1.54, 1.807) is 0 Å². The van der Waals surface area contributed by atoms with Gasteiger partial charge in [-0.2, -0.15) is 0 Å². The molecule has 1 saturated heterocycles. The number of nitrogens with one attached hydrogen (secondary N) is 2. The normalized spacial score (nSPS) is 18.7. The Morgan fingerprint density at radius 3 is 2.52 bits per heavy atom. The molecule has 0 aromatic carbocycles. The van der Waals surface area contributed by atoms with E-state index in [0.29, 0.717) is 24.3 Å². The molecule has 0 aromatic rings. The Morgan fingerprint density at radius 2 is 1.95 bits per heavy atom. The van der Waals surface area contributed by atoms with E-state index in [1.165, 1.54) is 0 Å². The molecular formula is C16H33N3O2. The molecule has 5 heteroatoms. The van der Waals surface area contributed by atoms with Crippen LogP contribution in [0.5, 0.6) is 0 Å². The van der Waals surface area contributed by atoms with Gasteiger partial charge in [0, 0.05) is 19.7 Å². The number of nitrogens with zero attached hydrogens (tertiary/aromatic N) is 1. The fourth-order valence-electron chi connectivity index (χ4n) is 2.96. The van der Waals surface area contributed by atoms with Crippen LogP contribution in [-0.2, 0) is 0 Å². The van der Waals surface area contributed by atoms with Gasteiger partial charge in [0.25, 0.3) is 0 Å². The number of carbonyl (C=O) groups excluding carboxylic acids is 1. The van der Waals surface area contributed by atoms with E-state index in [4.69, 9.17) is 5.11 Å². The SMILES string of the molecule is CC(C)CC(CCO)CNC(=O)NCC1CCN(C)CC1. The monoisotopic (exact) mass is 299 g/mol. The molecule has 1 aliphatic rings. The molecule has 21 heavy (non-hydrogen) atoms. The zero-order valence-electron chi connectivity index (χ0n) is 13.9. The molecule has 124 valence electrons. The summed E-state index contributed by atoms with van der Waals surface area (Å²) in [5.74, 6) is 1.56. The lowest BCUT2D eigenvalue weighted by Crippen LogP contribution is -2.42. The lowest BCUT2D eigenvalue weighted by Gasteiger charge is -2.29. The third-order valence-electron chi connectivity index (χ3n) is 4.28. The van der Waals surface area contributed by atoms with Crippen molar-refractivity contribution in [1.29, 1.82) is 0 Å². The number of hydrogen-bond acceptors (Lipinski definition) is 3. The molecule has 3 N–H and O–H groups in total. The molecule has 1 atom stereocenters. The molecule has 1 fully saturated rings. The Labute approximate surface area is 129 Å². The minimum absolute atomic E-state index is 0.0689. The predicted molar refractivity (Wildman–Crippen MR) is 86.3 cm³/mol. The molecule has 1 rings (SSSR count). The average molecular weight is 299 g/mol. The predicted octanol–water partition coefficient (Wildman–Crippen LogP) is 1.67. The van der Waals surface area contributed by atoms with Gasteiger partial charge in [0.15, 0.2) is 0 Å². The number of piperidine rings is 1. The van der Waals surface area contributed by atoms with Crippen molar-refractivity contribution in [3.8, 4) is 0 Å². The van der Waals surface area contributed by atoms with Crippen molar-refractivity contribution < 1.29 is 9.90 Å². The summed E-state index contributed by atoms with van der Waals surface area (Å²) in [6, 6.07) is -0.0689. The number of aliphatic hydroxyl groups excluding tert-OH is 1. The molecule has 1 aliphatic heterocycles. The number of urea groups is 1. The van der Waals surface area contributed by atoms with Crippen molar-refractivity contribution in [2.45, 2.75) is 39.5 Å². The fourth-order valence-corrected chi connectivity index (χ4v) is 2.96. The van der Waals surface area contributed by atoms with E-state index < -0.39 is 0 Å². The van der Waals surface area contributed by atoms with E-state index >= 15 is 0 Å². The highest BCUT2D eigenvalue weighted by atomic mass is 16.3. The summed E-state index contributed by atoms with van der Waals surface area (Å²) in [5, 5.41) is 15.0. The Balaban J connectivity index is 2.17. The second-order valence-corrected chi connectivity index (χ2v) is 6.85. The van der Waals surface area contributed by atoms with Crippen molar-refractivity contribution in [3.05, 3.63) is 0 Å². The van der Waals surface area contributed by atoms with Gasteiger partial charge >= 0.3 is 6.03 Å². The highest BCUT2D eigenvalue weighted by Gasteiger charge is 2.17. The first-order valence-corrected chi connectivity index (χ1v) is 8.32. The zero-order chi connectivity index (χ0) is 15.7. The van der Waals surface area contributed by atoms with Gasteiger partial charge in [-0.15, -0.1) is 0 Å². The maximum absolute atomic E-state index is 11.8. The quantitative estimate of drug-likeness (QED) is 0.639. The van der Waals surface area contributed by atoms with Crippen LogP contribution in [0.25, 0.3) is 0 Å². The minimum atomic E-state index is -0.0689. The second-order valence-electron chi connectivity index (χ2n) is 6.85. The molecular weight excluding hydrogens is 266 g/mol. The van der Waals surface area contributed by atoms with E-state index in [2.05, 4.69) is 36.4 Å². The zero-order valence-corrected chi connectivity index (χ0v) is 13.9. The molecule has 0 saturated carbocycles. The summed E-state index contributed by atoms with van der Waals surface area (Å²) < 4.78 is 0. The van der Waals surface area contributed by atoms with Crippen molar-refractivity contribution in [2.24, 2.45) is 17.8 Å². The molecule has 0 bridgehead atoms. The Bertz CT molecular complexity index is 289. The Morgan fingerprint density at radius 1 is 1.29 bits per heavy atom. The average Bonchev–Trinajstić information content (AvgIpc) is 2.44. The van der Waals surface area contributed by atoms with Gasteiger partial charge in [-0.3, -0.25) is 0 Å². The third-order valence-corrected chi connectivity index (χ3v) is 4.28. The summed E-state index contributed by atoms with van der Waals surface area (Å²) >= 11 is 0. The summed E-state index contributed by atoms with van der Waals surface area (Å²) in [6.45, 7) is 8.21. The highest BCUT2D eigenvalue weighted by Crippen LogP contribution is 2.15. The Kier molecular flexibility index (Phi) is 8.69. The number of amides is 2. The molecule has 0 radical (unpaired) electrons. The van der Waals surface area contributed by atoms with Crippen molar-refractivity contribution in [2.75, 3.05) is 39.8 Å². The first-order chi connectivity index (χ1) is 10.0. The second kappa shape index (κ2) is 10.0. The van der Waals surface area contributed by atoms with E-state index in [1.807, 2.05) is 0 Å². The van der Waals surface area contributed by atoms with E-state index in [9.17, 15) is 4.79 Å². The molecule has 1 unspecified atom stereocenters. The number of rotatable bonds is 8. The highest BCUT2D eigenvalue weighted by molar-refractivity contribution is 5.73. The van der Waals surface area contributed by atoms with Crippen LogP contribution in [0.1, 0.15) is 39.5 Å². The number of likely N-dealkylation sites (tertiary alicyclic amines) is 1. The van der Waals surface area contributed by atoms with E-state index in [0.717, 1.165) is 45.3 Å². The van der Waals surface area contributed by atoms with Crippen LogP contribution in [0.3, 0.4) is 0 Å². The number of aliphatic hydroxyl groups is 1. The standard InChI is InChI=1S/C16H33N3O2/c1-13(2)10-15(6-9-20)12-18-16(21)17-11-14-4-7-19(3)8-5-14/h13-15,20H,4-12H2,1-3H3,(H2,17,18,21). The van der Waals surface area contributed by atoms with Gasteiger partial charge in [0.05, 0.1) is 0 Å². The van der Waals surface area contributed by atoms with Crippen LogP contribution in [0.4, 0.5) is 4.79 Å². The van der Waals surface area contributed by atoms with E-state index in [-0.39, 0.29) is 12.6 Å².